The molecule has 174 valence electrons. The van der Waals surface area contributed by atoms with Crippen molar-refractivity contribution in [3.63, 3.8) is 0 Å². The van der Waals surface area contributed by atoms with Crippen molar-refractivity contribution in [1.29, 1.82) is 0 Å². The van der Waals surface area contributed by atoms with E-state index in [2.05, 4.69) is 25.3 Å². The lowest BCUT2D eigenvalue weighted by molar-refractivity contribution is -0.124. The van der Waals surface area contributed by atoms with E-state index in [0.717, 1.165) is 47.4 Å². The first-order valence-electron chi connectivity index (χ1n) is 11.6. The van der Waals surface area contributed by atoms with Crippen LogP contribution < -0.4 is 5.32 Å². The second-order valence-electron chi connectivity index (χ2n) is 9.22. The fourth-order valence-electron chi connectivity index (χ4n) is 4.82. The average Bonchev–Trinajstić information content (AvgIpc) is 3.43. The average molecular weight is 455 g/mol. The maximum atomic E-state index is 13.4. The Morgan fingerprint density at radius 3 is 2.64 bits per heavy atom. The molecule has 9 heteroatoms. The summed E-state index contributed by atoms with van der Waals surface area (Å²) in [6, 6.07) is 3.82. The van der Waals surface area contributed by atoms with E-state index in [9.17, 15) is 13.6 Å². The molecule has 2 fully saturated rings. The summed E-state index contributed by atoms with van der Waals surface area (Å²) in [6.45, 7) is 3.06. The van der Waals surface area contributed by atoms with Crippen LogP contribution in [0.5, 0.6) is 0 Å². The molecule has 0 aromatic carbocycles. The molecule has 3 aromatic heterocycles. The Kier molecular flexibility index (Phi) is 5.82. The van der Waals surface area contributed by atoms with Gasteiger partial charge in [-0.25, -0.2) is 13.8 Å². The van der Waals surface area contributed by atoms with Gasteiger partial charge in [0.2, 0.25) is 11.8 Å². The normalized spacial score (nSPS) is 19.2. The fourth-order valence-corrected chi connectivity index (χ4v) is 4.82. The van der Waals surface area contributed by atoms with Gasteiger partial charge in [0.1, 0.15) is 5.82 Å². The lowest BCUT2D eigenvalue weighted by atomic mass is 9.86. The highest BCUT2D eigenvalue weighted by Crippen LogP contribution is 2.36. The van der Waals surface area contributed by atoms with Crippen LogP contribution in [0.4, 0.5) is 14.6 Å². The van der Waals surface area contributed by atoms with Crippen molar-refractivity contribution in [2.45, 2.75) is 51.0 Å². The van der Waals surface area contributed by atoms with Gasteiger partial charge in [0.15, 0.2) is 0 Å². The molecule has 1 aliphatic heterocycles. The summed E-state index contributed by atoms with van der Waals surface area (Å²) < 4.78 is 28.7. The Balaban J connectivity index is 1.36. The molecule has 0 radical (unpaired) electrons. The largest absolute Gasteiger partial charge is 0.310 e. The molecule has 0 unspecified atom stereocenters. The zero-order valence-corrected chi connectivity index (χ0v) is 18.7. The Labute approximate surface area is 191 Å². The first kappa shape index (κ1) is 21.9. The van der Waals surface area contributed by atoms with Crippen LogP contribution in [0.1, 0.15) is 44.2 Å². The van der Waals surface area contributed by atoms with Crippen molar-refractivity contribution >= 4 is 22.6 Å². The number of carbonyl (C=O) groups is 1. The van der Waals surface area contributed by atoms with Crippen molar-refractivity contribution in [2.75, 3.05) is 18.4 Å². The molecule has 1 N–H and O–H groups in total. The van der Waals surface area contributed by atoms with Crippen molar-refractivity contribution in [1.82, 2.24) is 24.6 Å². The minimum Gasteiger partial charge on any atom is -0.310 e. The van der Waals surface area contributed by atoms with E-state index >= 15 is 0 Å². The summed E-state index contributed by atoms with van der Waals surface area (Å²) in [6.07, 6.45) is 7.69. The van der Waals surface area contributed by atoms with Gasteiger partial charge in [-0.15, -0.1) is 0 Å². The van der Waals surface area contributed by atoms with Crippen molar-refractivity contribution < 1.29 is 13.6 Å². The van der Waals surface area contributed by atoms with E-state index in [1.54, 1.807) is 12.3 Å². The Hall–Kier alpha value is -2.94. The Morgan fingerprint density at radius 1 is 1.12 bits per heavy atom. The third-order valence-corrected chi connectivity index (χ3v) is 6.85. The third kappa shape index (κ3) is 4.73. The van der Waals surface area contributed by atoms with Gasteiger partial charge >= 0.3 is 0 Å². The summed E-state index contributed by atoms with van der Waals surface area (Å²) in [5.41, 5.74) is 3.88. The predicted molar refractivity (Wildman–Crippen MR) is 122 cm³/mol. The maximum Gasteiger partial charge on any atom is 0.248 e. The SMILES string of the molecule is Cn1ncc(-c2cnc3cnc(NC(=O)C4CCC(F)(F)CC4)cc3c2)c1CN1CCCC1. The van der Waals surface area contributed by atoms with Crippen LogP contribution in [0.15, 0.2) is 30.7 Å². The first-order valence-corrected chi connectivity index (χ1v) is 11.6. The molecule has 7 nitrogen and oxygen atoms in total. The number of hydrogen-bond donors (Lipinski definition) is 1. The zero-order valence-electron chi connectivity index (χ0n) is 18.7. The number of rotatable bonds is 5. The second-order valence-corrected chi connectivity index (χ2v) is 9.22. The van der Waals surface area contributed by atoms with E-state index < -0.39 is 11.8 Å². The van der Waals surface area contributed by atoms with E-state index in [1.165, 1.54) is 12.8 Å². The van der Waals surface area contributed by atoms with Crippen LogP contribution in [0.2, 0.25) is 0 Å². The number of pyridine rings is 2. The van der Waals surface area contributed by atoms with Gasteiger partial charge in [0.25, 0.3) is 0 Å². The van der Waals surface area contributed by atoms with Crippen LogP contribution in [0.3, 0.4) is 0 Å². The number of aryl methyl sites for hydroxylation is 1. The van der Waals surface area contributed by atoms with Gasteiger partial charge in [-0.3, -0.25) is 19.4 Å². The number of hydrogen-bond acceptors (Lipinski definition) is 5. The lowest BCUT2D eigenvalue weighted by Gasteiger charge is -2.27. The van der Waals surface area contributed by atoms with Crippen LogP contribution >= 0.6 is 0 Å². The fraction of sp³-hybridized carbons (Fsp3) is 0.500. The zero-order chi connectivity index (χ0) is 23.0. The molecule has 0 spiro atoms. The van der Waals surface area contributed by atoms with Gasteiger partial charge in [-0.05, 0) is 50.9 Å². The molecule has 5 rings (SSSR count). The number of carbonyl (C=O) groups excluding carboxylic acids is 1. The van der Waals surface area contributed by atoms with Crippen LogP contribution in [0.25, 0.3) is 22.0 Å². The highest BCUT2D eigenvalue weighted by atomic mass is 19.3. The number of halogens is 2. The van der Waals surface area contributed by atoms with Gasteiger partial charge in [-0.2, -0.15) is 5.10 Å². The van der Waals surface area contributed by atoms with Crippen molar-refractivity contribution in [2.24, 2.45) is 13.0 Å². The number of fused-ring (bicyclic) bond motifs is 1. The number of anilines is 1. The molecule has 3 aromatic rings. The summed E-state index contributed by atoms with van der Waals surface area (Å²) in [5, 5.41) is 8.13. The number of amides is 1. The van der Waals surface area contributed by atoms with Gasteiger partial charge in [0.05, 0.1) is 23.6 Å². The molecular formula is C24H28F2N6O. The van der Waals surface area contributed by atoms with E-state index in [-0.39, 0.29) is 31.6 Å². The lowest BCUT2D eigenvalue weighted by Crippen LogP contribution is -2.32. The molecule has 1 aliphatic carbocycles. The predicted octanol–water partition coefficient (Wildman–Crippen LogP) is 4.39. The summed E-state index contributed by atoms with van der Waals surface area (Å²) >= 11 is 0. The standard InChI is InChI=1S/C24H28F2N6O/c1-31-21(15-32-8-2-3-9-32)19(13-29-31)18-10-17-11-22(28-14-20(17)27-12-18)30-23(33)16-4-6-24(25,26)7-5-16/h10-14,16H,2-9,15H2,1H3,(H,28,30,33). The van der Waals surface area contributed by atoms with Crippen LogP contribution in [-0.2, 0) is 18.4 Å². The molecule has 1 saturated carbocycles. The highest BCUT2D eigenvalue weighted by molar-refractivity contribution is 5.94. The quantitative estimate of drug-likeness (QED) is 0.619. The van der Waals surface area contributed by atoms with Crippen LogP contribution in [0, 0.1) is 5.92 Å². The number of nitrogens with zero attached hydrogens (tertiary/aromatic N) is 5. The number of nitrogens with one attached hydrogen (secondary N) is 1. The number of aromatic nitrogens is 4. The van der Waals surface area contributed by atoms with Crippen LogP contribution in [-0.4, -0.2) is 49.6 Å². The topological polar surface area (TPSA) is 75.9 Å². The second kappa shape index (κ2) is 8.78. The van der Waals surface area contributed by atoms with E-state index in [1.807, 2.05) is 30.2 Å². The first-order chi connectivity index (χ1) is 15.9. The van der Waals surface area contributed by atoms with Gasteiger partial charge < -0.3 is 5.32 Å². The number of alkyl halides is 2. The minimum atomic E-state index is -2.65. The summed E-state index contributed by atoms with van der Waals surface area (Å²) in [4.78, 5) is 23.9. The van der Waals surface area contributed by atoms with Crippen molar-refractivity contribution in [3.8, 4) is 11.1 Å². The summed E-state index contributed by atoms with van der Waals surface area (Å²) in [5.74, 6) is -2.90. The van der Waals surface area contributed by atoms with Crippen molar-refractivity contribution in [3.05, 3.63) is 36.4 Å². The number of likely N-dealkylation sites (tertiary alicyclic amines) is 1. The third-order valence-electron chi connectivity index (χ3n) is 6.85. The molecule has 4 heterocycles. The Morgan fingerprint density at radius 2 is 1.88 bits per heavy atom. The van der Waals surface area contributed by atoms with E-state index in [0.29, 0.717) is 5.82 Å². The molecule has 1 saturated heterocycles. The molecule has 33 heavy (non-hydrogen) atoms. The van der Waals surface area contributed by atoms with Gasteiger partial charge in [0, 0.05) is 55.1 Å². The Bertz CT molecular complexity index is 1160. The summed E-state index contributed by atoms with van der Waals surface area (Å²) in [7, 11) is 1.96. The highest BCUT2D eigenvalue weighted by Gasteiger charge is 2.37. The minimum absolute atomic E-state index is 0.193. The molecule has 0 bridgehead atoms. The monoisotopic (exact) mass is 454 g/mol. The molecule has 1 amide bonds. The van der Waals surface area contributed by atoms with Gasteiger partial charge in [-0.1, -0.05) is 0 Å². The van der Waals surface area contributed by atoms with E-state index in [4.69, 9.17) is 0 Å². The molecule has 2 aliphatic rings. The maximum absolute atomic E-state index is 13.4. The molecule has 0 atom stereocenters. The molecular weight excluding hydrogens is 426 g/mol. The smallest absolute Gasteiger partial charge is 0.248 e.